The predicted molar refractivity (Wildman–Crippen MR) is 146 cm³/mol. The first kappa shape index (κ1) is 29.4. The molecule has 36 heavy (non-hydrogen) atoms. The summed E-state index contributed by atoms with van der Waals surface area (Å²) in [6, 6.07) is 14.2. The average Bonchev–Trinajstić information content (AvgIpc) is 2.81. The van der Waals surface area contributed by atoms with Gasteiger partial charge in [-0.15, -0.1) is 0 Å². The quantitative estimate of drug-likeness (QED) is 0.447. The lowest BCUT2D eigenvalue weighted by atomic mass is 10.0. The van der Waals surface area contributed by atoms with Crippen LogP contribution >= 0.6 is 0 Å². The number of aryl methyl sites for hydroxylation is 1. The Labute approximate surface area is 216 Å². The number of nitrogens with zero attached hydrogens (tertiary/aromatic N) is 2. The molecule has 0 heterocycles. The van der Waals surface area contributed by atoms with Gasteiger partial charge in [0.2, 0.25) is 21.8 Å². The molecule has 0 saturated heterocycles. The van der Waals surface area contributed by atoms with E-state index in [4.69, 9.17) is 0 Å². The van der Waals surface area contributed by atoms with E-state index in [1.54, 1.807) is 12.1 Å². The molecule has 0 fully saturated rings. The van der Waals surface area contributed by atoms with E-state index in [0.717, 1.165) is 33.7 Å². The summed E-state index contributed by atoms with van der Waals surface area (Å²) in [4.78, 5) is 28.4. The fraction of sp³-hybridized carbons (Fsp3) is 0.500. The molecule has 2 aromatic carbocycles. The van der Waals surface area contributed by atoms with Gasteiger partial charge in [0.1, 0.15) is 12.6 Å². The average molecular weight is 516 g/mol. The lowest BCUT2D eigenvalue weighted by molar-refractivity contribution is -0.140. The van der Waals surface area contributed by atoms with Gasteiger partial charge in [0.05, 0.1) is 11.9 Å². The Hall–Kier alpha value is -2.87. The van der Waals surface area contributed by atoms with Crippen molar-refractivity contribution in [1.82, 2.24) is 10.2 Å². The van der Waals surface area contributed by atoms with Gasteiger partial charge in [-0.25, -0.2) is 8.42 Å². The van der Waals surface area contributed by atoms with Gasteiger partial charge in [0.15, 0.2) is 0 Å². The van der Waals surface area contributed by atoms with E-state index < -0.39 is 28.5 Å². The second-order valence-electron chi connectivity index (χ2n) is 9.77. The number of hydrogen-bond acceptors (Lipinski definition) is 4. The normalized spacial score (nSPS) is 13.2. The molecule has 198 valence electrons. The molecular formula is C28H41N3O4S. The van der Waals surface area contributed by atoms with E-state index in [2.05, 4.69) is 19.2 Å². The predicted octanol–water partition coefficient (Wildman–Crippen LogP) is 4.61. The first-order valence-corrected chi connectivity index (χ1v) is 14.4. The monoisotopic (exact) mass is 515 g/mol. The molecule has 2 amide bonds. The van der Waals surface area contributed by atoms with Crippen molar-refractivity contribution in [3.63, 3.8) is 0 Å². The molecule has 8 heteroatoms. The van der Waals surface area contributed by atoms with Crippen molar-refractivity contribution in [2.45, 2.75) is 78.9 Å². The van der Waals surface area contributed by atoms with Crippen molar-refractivity contribution in [1.29, 1.82) is 0 Å². The molecule has 0 aliphatic rings. The molecule has 0 aromatic heterocycles. The molecule has 0 aliphatic heterocycles. The van der Waals surface area contributed by atoms with Crippen LogP contribution in [-0.4, -0.2) is 50.0 Å². The van der Waals surface area contributed by atoms with Crippen molar-refractivity contribution in [2.24, 2.45) is 0 Å². The molecule has 0 saturated carbocycles. The third kappa shape index (κ3) is 8.08. The second kappa shape index (κ2) is 12.9. The topological polar surface area (TPSA) is 86.8 Å². The number of nitrogens with one attached hydrogen (secondary N) is 1. The smallest absolute Gasteiger partial charge is 0.244 e. The fourth-order valence-corrected chi connectivity index (χ4v) is 4.86. The van der Waals surface area contributed by atoms with Gasteiger partial charge in [-0.1, -0.05) is 69.7 Å². The molecule has 2 atom stereocenters. The van der Waals surface area contributed by atoms with Crippen molar-refractivity contribution >= 4 is 27.5 Å². The van der Waals surface area contributed by atoms with E-state index in [1.807, 2.05) is 64.1 Å². The van der Waals surface area contributed by atoms with Crippen LogP contribution in [-0.2, 0) is 26.2 Å². The lowest BCUT2D eigenvalue weighted by Crippen LogP contribution is -2.53. The highest BCUT2D eigenvalue weighted by Gasteiger charge is 2.32. The van der Waals surface area contributed by atoms with Crippen LogP contribution in [0.4, 0.5) is 5.69 Å². The summed E-state index contributed by atoms with van der Waals surface area (Å²) in [6.07, 6.45) is 2.26. The Morgan fingerprint density at radius 2 is 1.61 bits per heavy atom. The lowest BCUT2D eigenvalue weighted by Gasteiger charge is -2.33. The van der Waals surface area contributed by atoms with Gasteiger partial charge < -0.3 is 10.2 Å². The number of benzene rings is 2. The number of sulfonamides is 1. The molecule has 0 bridgehead atoms. The highest BCUT2D eigenvalue weighted by molar-refractivity contribution is 7.92. The molecule has 1 N–H and O–H groups in total. The van der Waals surface area contributed by atoms with Crippen molar-refractivity contribution in [3.8, 4) is 0 Å². The Bertz CT molecular complexity index is 1130. The van der Waals surface area contributed by atoms with Gasteiger partial charge in [-0.2, -0.15) is 0 Å². The second-order valence-corrected chi connectivity index (χ2v) is 11.7. The summed E-state index contributed by atoms with van der Waals surface area (Å²) in [7, 11) is -3.75. The standard InChI is InChI=1S/C28H41N3O4S/c1-8-22(6)29-28(33)26(9-2)30(18-23-12-10-11-21(5)17-23)27(32)19-31(36(7,34)35)25-15-13-24(14-16-25)20(3)4/h10-17,20,22,26H,8-9,18-19H2,1-7H3,(H,29,33)/t22-,26-/m0/s1. The van der Waals surface area contributed by atoms with E-state index in [-0.39, 0.29) is 18.5 Å². The highest BCUT2D eigenvalue weighted by atomic mass is 32.2. The van der Waals surface area contributed by atoms with E-state index in [9.17, 15) is 18.0 Å². The number of amides is 2. The summed E-state index contributed by atoms with van der Waals surface area (Å²) in [5.74, 6) is -0.368. The maximum atomic E-state index is 13.7. The first-order valence-electron chi connectivity index (χ1n) is 12.6. The largest absolute Gasteiger partial charge is 0.352 e. The summed E-state index contributed by atoms with van der Waals surface area (Å²) in [5.41, 5.74) is 3.42. The van der Waals surface area contributed by atoms with E-state index in [1.165, 1.54) is 4.90 Å². The van der Waals surface area contributed by atoms with Crippen LogP contribution in [0.2, 0.25) is 0 Å². The summed E-state index contributed by atoms with van der Waals surface area (Å²) >= 11 is 0. The van der Waals surface area contributed by atoms with Crippen LogP contribution in [0.1, 0.15) is 70.1 Å². The van der Waals surface area contributed by atoms with Crippen LogP contribution in [0, 0.1) is 6.92 Å². The maximum Gasteiger partial charge on any atom is 0.244 e. The molecule has 2 aromatic rings. The van der Waals surface area contributed by atoms with Crippen LogP contribution in [0.3, 0.4) is 0 Å². The number of hydrogen-bond donors (Lipinski definition) is 1. The third-order valence-corrected chi connectivity index (χ3v) is 7.49. The van der Waals surface area contributed by atoms with Gasteiger partial charge in [-0.3, -0.25) is 13.9 Å². The van der Waals surface area contributed by atoms with Gasteiger partial charge in [0, 0.05) is 12.6 Å². The highest BCUT2D eigenvalue weighted by Crippen LogP contribution is 2.23. The molecule has 0 aliphatic carbocycles. The van der Waals surface area contributed by atoms with Gasteiger partial charge >= 0.3 is 0 Å². The van der Waals surface area contributed by atoms with Crippen LogP contribution in [0.15, 0.2) is 48.5 Å². The SMILES string of the molecule is CC[C@H](C)NC(=O)[C@H](CC)N(Cc1cccc(C)c1)C(=O)CN(c1ccc(C(C)C)cc1)S(C)(=O)=O. The van der Waals surface area contributed by atoms with Crippen molar-refractivity contribution < 1.29 is 18.0 Å². The van der Waals surface area contributed by atoms with Crippen LogP contribution in [0.5, 0.6) is 0 Å². The van der Waals surface area contributed by atoms with Gasteiger partial charge in [0.25, 0.3) is 0 Å². The number of carbonyl (C=O) groups is 2. The van der Waals surface area contributed by atoms with E-state index in [0.29, 0.717) is 18.0 Å². The molecule has 0 spiro atoms. The first-order chi connectivity index (χ1) is 16.9. The molecular weight excluding hydrogens is 474 g/mol. The maximum absolute atomic E-state index is 13.7. The minimum atomic E-state index is -3.75. The number of rotatable bonds is 12. The van der Waals surface area contributed by atoms with Crippen LogP contribution in [0.25, 0.3) is 0 Å². The molecule has 0 unspecified atom stereocenters. The van der Waals surface area contributed by atoms with Crippen molar-refractivity contribution in [3.05, 3.63) is 65.2 Å². The van der Waals surface area contributed by atoms with Gasteiger partial charge in [-0.05, 0) is 55.9 Å². The minimum absolute atomic E-state index is 0.0329. The zero-order chi connectivity index (χ0) is 27.0. The third-order valence-electron chi connectivity index (χ3n) is 6.35. The number of carbonyl (C=O) groups excluding carboxylic acids is 2. The molecule has 7 nitrogen and oxygen atoms in total. The zero-order valence-corrected chi connectivity index (χ0v) is 23.4. The minimum Gasteiger partial charge on any atom is -0.352 e. The zero-order valence-electron chi connectivity index (χ0n) is 22.6. The Morgan fingerprint density at radius 3 is 2.11 bits per heavy atom. The van der Waals surface area contributed by atoms with E-state index >= 15 is 0 Å². The Morgan fingerprint density at radius 1 is 0.972 bits per heavy atom. The van der Waals surface area contributed by atoms with Crippen molar-refractivity contribution in [2.75, 3.05) is 17.1 Å². The Kier molecular flexibility index (Phi) is 10.5. The number of anilines is 1. The summed E-state index contributed by atoms with van der Waals surface area (Å²) in [6.45, 7) is 11.7. The fourth-order valence-electron chi connectivity index (χ4n) is 4.01. The Balaban J connectivity index is 2.44. The summed E-state index contributed by atoms with van der Waals surface area (Å²) in [5, 5.41) is 2.98. The summed E-state index contributed by atoms with van der Waals surface area (Å²) < 4.78 is 26.6. The van der Waals surface area contributed by atoms with Crippen LogP contribution < -0.4 is 9.62 Å². The molecule has 0 radical (unpaired) electrons. The molecule has 2 rings (SSSR count).